The van der Waals surface area contributed by atoms with Crippen LogP contribution in [-0.2, 0) is 4.79 Å². The zero-order chi connectivity index (χ0) is 18.7. The lowest BCUT2D eigenvalue weighted by Gasteiger charge is -2.18. The molecule has 6 nitrogen and oxygen atoms in total. The van der Waals surface area contributed by atoms with Crippen molar-refractivity contribution in [1.82, 2.24) is 14.8 Å². The molecule has 0 N–H and O–H groups in total. The molecule has 0 spiro atoms. The van der Waals surface area contributed by atoms with Gasteiger partial charge in [-0.1, -0.05) is 6.07 Å². The lowest BCUT2D eigenvalue weighted by molar-refractivity contribution is -0.123. The standard InChI is InChI=1S/C19H16FN3O3/c1-12-10-22-23(16-7-5-15(20)6-8-16)19(25)17(12)26-18(13(2)24)14-4-3-9-21-11-14/h3-11,18H,1-2H3. The second-order valence-corrected chi connectivity index (χ2v) is 5.74. The van der Waals surface area contributed by atoms with E-state index in [1.807, 2.05) is 0 Å². The molecule has 0 bridgehead atoms. The molecule has 0 saturated carbocycles. The first-order valence-corrected chi connectivity index (χ1v) is 7.89. The van der Waals surface area contributed by atoms with Gasteiger partial charge in [-0.2, -0.15) is 9.78 Å². The van der Waals surface area contributed by atoms with E-state index in [-0.39, 0.29) is 11.5 Å². The van der Waals surface area contributed by atoms with Crippen LogP contribution in [0, 0.1) is 12.7 Å². The summed E-state index contributed by atoms with van der Waals surface area (Å²) in [5.41, 5.74) is 0.890. The van der Waals surface area contributed by atoms with Crippen LogP contribution < -0.4 is 10.3 Å². The molecule has 1 aromatic carbocycles. The number of rotatable bonds is 5. The Morgan fingerprint density at radius 3 is 2.54 bits per heavy atom. The molecule has 2 aromatic heterocycles. The van der Waals surface area contributed by atoms with Crippen molar-refractivity contribution in [3.8, 4) is 11.4 Å². The van der Waals surface area contributed by atoms with Crippen LogP contribution in [0.2, 0.25) is 0 Å². The first kappa shape index (κ1) is 17.5. The molecule has 26 heavy (non-hydrogen) atoms. The molecule has 0 aliphatic carbocycles. The van der Waals surface area contributed by atoms with Crippen LogP contribution in [0.5, 0.6) is 5.75 Å². The summed E-state index contributed by atoms with van der Waals surface area (Å²) in [6.45, 7) is 3.05. The number of halogens is 1. The number of hydrogen-bond acceptors (Lipinski definition) is 5. The summed E-state index contributed by atoms with van der Waals surface area (Å²) in [5, 5.41) is 4.07. The van der Waals surface area contributed by atoms with E-state index in [0.717, 1.165) is 4.68 Å². The fourth-order valence-electron chi connectivity index (χ4n) is 2.46. The van der Waals surface area contributed by atoms with Crippen molar-refractivity contribution in [3.63, 3.8) is 0 Å². The van der Waals surface area contributed by atoms with Crippen LogP contribution in [0.3, 0.4) is 0 Å². The lowest BCUT2D eigenvalue weighted by Crippen LogP contribution is -2.27. The molecule has 1 unspecified atom stereocenters. The molecular weight excluding hydrogens is 337 g/mol. The van der Waals surface area contributed by atoms with Gasteiger partial charge in [0.25, 0.3) is 0 Å². The monoisotopic (exact) mass is 353 g/mol. The number of nitrogens with zero attached hydrogens (tertiary/aromatic N) is 3. The minimum absolute atomic E-state index is 0.00776. The molecule has 0 saturated heterocycles. The molecule has 0 aliphatic heterocycles. The number of pyridine rings is 1. The van der Waals surface area contributed by atoms with Gasteiger partial charge < -0.3 is 4.74 Å². The Morgan fingerprint density at radius 1 is 1.19 bits per heavy atom. The molecule has 1 atom stereocenters. The van der Waals surface area contributed by atoms with Crippen LogP contribution in [-0.4, -0.2) is 20.5 Å². The predicted molar refractivity (Wildman–Crippen MR) is 92.8 cm³/mol. The third-order valence-electron chi connectivity index (χ3n) is 3.77. The fourth-order valence-corrected chi connectivity index (χ4v) is 2.46. The van der Waals surface area contributed by atoms with Gasteiger partial charge in [-0.15, -0.1) is 0 Å². The molecule has 0 aliphatic rings. The highest BCUT2D eigenvalue weighted by Crippen LogP contribution is 2.22. The highest BCUT2D eigenvalue weighted by molar-refractivity contribution is 5.82. The molecule has 0 amide bonds. The van der Waals surface area contributed by atoms with Crippen LogP contribution in [0.25, 0.3) is 5.69 Å². The maximum atomic E-state index is 13.1. The SMILES string of the molecule is CC(=O)C(Oc1c(C)cnn(-c2ccc(F)cc2)c1=O)c1cccnc1. The van der Waals surface area contributed by atoms with Crippen molar-refractivity contribution >= 4 is 5.78 Å². The van der Waals surface area contributed by atoms with E-state index < -0.39 is 17.5 Å². The summed E-state index contributed by atoms with van der Waals surface area (Å²) in [6.07, 6.45) is 3.60. The van der Waals surface area contributed by atoms with Gasteiger partial charge in [0.15, 0.2) is 17.6 Å². The van der Waals surface area contributed by atoms with Gasteiger partial charge in [-0.3, -0.25) is 14.6 Å². The van der Waals surface area contributed by atoms with Gasteiger partial charge in [0, 0.05) is 23.5 Å². The predicted octanol–water partition coefficient (Wildman–Crippen LogP) is 2.78. The van der Waals surface area contributed by atoms with Crippen LogP contribution in [0.4, 0.5) is 4.39 Å². The molecule has 132 valence electrons. The Labute approximate surface area is 148 Å². The summed E-state index contributed by atoms with van der Waals surface area (Å²) in [7, 11) is 0. The number of carbonyl (C=O) groups excluding carboxylic acids is 1. The van der Waals surface area contributed by atoms with Gasteiger partial charge in [-0.05, 0) is 44.2 Å². The number of aryl methyl sites for hydroxylation is 1. The molecule has 7 heteroatoms. The summed E-state index contributed by atoms with van der Waals surface area (Å²) in [6, 6.07) is 8.73. The Balaban J connectivity index is 2.04. The molecule has 3 rings (SSSR count). The summed E-state index contributed by atoms with van der Waals surface area (Å²) < 4.78 is 20.0. The van der Waals surface area contributed by atoms with E-state index in [0.29, 0.717) is 16.8 Å². The fraction of sp³-hybridized carbons (Fsp3) is 0.158. The third-order valence-corrected chi connectivity index (χ3v) is 3.77. The van der Waals surface area contributed by atoms with E-state index in [4.69, 9.17) is 4.74 Å². The summed E-state index contributed by atoms with van der Waals surface area (Å²) in [5.74, 6) is -0.672. The Hall–Kier alpha value is -3.35. The number of Topliss-reactive ketones (excluding diaryl/α,β-unsaturated/α-hetero) is 1. The van der Waals surface area contributed by atoms with Crippen molar-refractivity contribution in [3.05, 3.63) is 82.3 Å². The van der Waals surface area contributed by atoms with Crippen LogP contribution >= 0.6 is 0 Å². The average Bonchev–Trinajstić information content (AvgIpc) is 2.63. The second-order valence-electron chi connectivity index (χ2n) is 5.74. The minimum atomic E-state index is -0.959. The third kappa shape index (κ3) is 3.51. The zero-order valence-corrected chi connectivity index (χ0v) is 14.2. The van der Waals surface area contributed by atoms with Crippen molar-refractivity contribution in [1.29, 1.82) is 0 Å². The van der Waals surface area contributed by atoms with E-state index in [2.05, 4.69) is 10.1 Å². The molecule has 3 aromatic rings. The second kappa shape index (κ2) is 7.26. The van der Waals surface area contributed by atoms with E-state index >= 15 is 0 Å². The summed E-state index contributed by atoms with van der Waals surface area (Å²) in [4.78, 5) is 28.8. The Bertz CT molecular complexity index is 985. The van der Waals surface area contributed by atoms with E-state index in [1.165, 1.54) is 43.6 Å². The minimum Gasteiger partial charge on any atom is -0.472 e. The van der Waals surface area contributed by atoms with Gasteiger partial charge >= 0.3 is 5.56 Å². The highest BCUT2D eigenvalue weighted by Gasteiger charge is 2.22. The zero-order valence-electron chi connectivity index (χ0n) is 14.2. The molecule has 2 heterocycles. The van der Waals surface area contributed by atoms with Gasteiger partial charge in [0.2, 0.25) is 0 Å². The van der Waals surface area contributed by atoms with Crippen molar-refractivity contribution < 1.29 is 13.9 Å². The number of aromatic nitrogens is 3. The molecule has 0 radical (unpaired) electrons. The van der Waals surface area contributed by atoms with Gasteiger partial charge in [0.1, 0.15) is 5.82 Å². The number of carbonyl (C=O) groups is 1. The first-order valence-electron chi connectivity index (χ1n) is 7.89. The van der Waals surface area contributed by atoms with E-state index in [9.17, 15) is 14.0 Å². The van der Waals surface area contributed by atoms with Crippen molar-refractivity contribution in [2.45, 2.75) is 20.0 Å². The summed E-state index contributed by atoms with van der Waals surface area (Å²) >= 11 is 0. The number of benzene rings is 1. The Kier molecular flexibility index (Phi) is 4.88. The number of hydrogen-bond donors (Lipinski definition) is 0. The quantitative estimate of drug-likeness (QED) is 0.705. The lowest BCUT2D eigenvalue weighted by atomic mass is 10.1. The maximum absolute atomic E-state index is 13.1. The molecule has 0 fully saturated rings. The van der Waals surface area contributed by atoms with E-state index in [1.54, 1.807) is 25.3 Å². The average molecular weight is 353 g/mol. The highest BCUT2D eigenvalue weighted by atomic mass is 19.1. The van der Waals surface area contributed by atoms with Gasteiger partial charge in [0.05, 0.1) is 11.9 Å². The first-order chi connectivity index (χ1) is 12.5. The van der Waals surface area contributed by atoms with Crippen molar-refractivity contribution in [2.24, 2.45) is 0 Å². The van der Waals surface area contributed by atoms with Crippen molar-refractivity contribution in [2.75, 3.05) is 0 Å². The number of ether oxygens (including phenoxy) is 1. The smallest absolute Gasteiger partial charge is 0.314 e. The van der Waals surface area contributed by atoms with Crippen LogP contribution in [0.1, 0.15) is 24.2 Å². The normalized spacial score (nSPS) is 11.8. The largest absolute Gasteiger partial charge is 0.472 e. The van der Waals surface area contributed by atoms with Crippen LogP contribution in [0.15, 0.2) is 59.8 Å². The Morgan fingerprint density at radius 2 is 1.92 bits per heavy atom. The topological polar surface area (TPSA) is 74.1 Å². The maximum Gasteiger partial charge on any atom is 0.314 e. The molecular formula is C19H16FN3O3. The number of ketones is 1. The van der Waals surface area contributed by atoms with Gasteiger partial charge in [-0.25, -0.2) is 4.39 Å².